The number of ether oxygens (including phenoxy) is 1. The zero-order chi connectivity index (χ0) is 15.6. The molecule has 0 radical (unpaired) electrons. The van der Waals surface area contributed by atoms with Crippen LogP contribution in [0, 0.1) is 10.1 Å². The number of hydrogen-bond donors (Lipinski definition) is 1. The van der Waals surface area contributed by atoms with Crippen LogP contribution in [0.2, 0.25) is 0 Å². The number of hydrogen-bond acceptors (Lipinski definition) is 6. The van der Waals surface area contributed by atoms with Gasteiger partial charge in [-0.15, -0.1) is 0 Å². The van der Waals surface area contributed by atoms with Crippen LogP contribution < -0.4 is 10.5 Å². The molecular formula is C11H8F3N3O3S. The van der Waals surface area contributed by atoms with Crippen molar-refractivity contribution in [3.05, 3.63) is 45.0 Å². The zero-order valence-corrected chi connectivity index (χ0v) is 11.1. The lowest BCUT2D eigenvalue weighted by Gasteiger charge is -2.09. The van der Waals surface area contributed by atoms with Crippen molar-refractivity contribution in [2.24, 2.45) is 0 Å². The van der Waals surface area contributed by atoms with Gasteiger partial charge in [-0.1, -0.05) is 11.3 Å². The predicted molar refractivity (Wildman–Crippen MR) is 69.0 cm³/mol. The van der Waals surface area contributed by atoms with E-state index in [2.05, 4.69) is 4.98 Å². The molecule has 10 heteroatoms. The first-order valence-electron chi connectivity index (χ1n) is 5.46. The summed E-state index contributed by atoms with van der Waals surface area (Å²) in [7, 11) is 0. The summed E-state index contributed by atoms with van der Waals surface area (Å²) in [5.41, 5.74) is 3.56. The summed E-state index contributed by atoms with van der Waals surface area (Å²) >= 11 is 1.12. The van der Waals surface area contributed by atoms with Crippen molar-refractivity contribution in [2.45, 2.75) is 12.8 Å². The predicted octanol–water partition coefficient (Wildman–Crippen LogP) is 3.23. The van der Waals surface area contributed by atoms with E-state index in [0.29, 0.717) is 16.1 Å². The van der Waals surface area contributed by atoms with E-state index in [0.717, 1.165) is 23.5 Å². The molecule has 1 aromatic carbocycles. The van der Waals surface area contributed by atoms with Crippen molar-refractivity contribution in [1.82, 2.24) is 4.98 Å². The lowest BCUT2D eigenvalue weighted by molar-refractivity contribution is -0.386. The van der Waals surface area contributed by atoms with Crippen LogP contribution in [-0.4, -0.2) is 9.91 Å². The maximum atomic E-state index is 12.5. The summed E-state index contributed by atoms with van der Waals surface area (Å²) in [5.74, 6) is -0.250. The first-order valence-corrected chi connectivity index (χ1v) is 6.27. The first-order chi connectivity index (χ1) is 9.77. The molecule has 0 fully saturated rings. The highest BCUT2D eigenvalue weighted by Crippen LogP contribution is 2.36. The highest BCUT2D eigenvalue weighted by molar-refractivity contribution is 7.15. The van der Waals surface area contributed by atoms with Crippen molar-refractivity contribution < 1.29 is 22.8 Å². The fourth-order valence-electron chi connectivity index (χ4n) is 1.50. The number of alkyl halides is 3. The van der Waals surface area contributed by atoms with Crippen molar-refractivity contribution in [1.29, 1.82) is 0 Å². The lowest BCUT2D eigenvalue weighted by Crippen LogP contribution is -2.06. The second-order valence-corrected chi connectivity index (χ2v) is 5.04. The van der Waals surface area contributed by atoms with Gasteiger partial charge in [0.25, 0.3) is 0 Å². The summed E-state index contributed by atoms with van der Waals surface area (Å²) < 4.78 is 42.8. The van der Waals surface area contributed by atoms with Crippen LogP contribution in [0.15, 0.2) is 24.4 Å². The van der Waals surface area contributed by atoms with E-state index in [-0.39, 0.29) is 12.4 Å². The molecule has 0 amide bonds. The van der Waals surface area contributed by atoms with Crippen LogP contribution in [0.25, 0.3) is 0 Å². The molecule has 0 spiro atoms. The maximum absolute atomic E-state index is 12.5. The van der Waals surface area contributed by atoms with Crippen LogP contribution in [0.4, 0.5) is 24.0 Å². The lowest BCUT2D eigenvalue weighted by atomic mass is 10.2. The third kappa shape index (κ3) is 3.60. The van der Waals surface area contributed by atoms with Gasteiger partial charge >= 0.3 is 11.9 Å². The monoisotopic (exact) mass is 319 g/mol. The number of nitrogen functional groups attached to an aromatic ring is 1. The van der Waals surface area contributed by atoms with Crippen LogP contribution >= 0.6 is 11.3 Å². The highest BCUT2D eigenvalue weighted by Gasteiger charge is 2.33. The van der Waals surface area contributed by atoms with E-state index < -0.39 is 22.4 Å². The molecule has 0 aliphatic heterocycles. The Morgan fingerprint density at radius 3 is 2.67 bits per heavy atom. The Hall–Kier alpha value is -2.36. The molecule has 6 nitrogen and oxygen atoms in total. The minimum atomic E-state index is -4.66. The van der Waals surface area contributed by atoms with E-state index >= 15 is 0 Å². The zero-order valence-electron chi connectivity index (χ0n) is 10.3. The first kappa shape index (κ1) is 15.0. The van der Waals surface area contributed by atoms with Crippen molar-refractivity contribution >= 4 is 22.2 Å². The van der Waals surface area contributed by atoms with Gasteiger partial charge in [0.15, 0.2) is 10.9 Å². The molecule has 1 heterocycles. The van der Waals surface area contributed by atoms with Gasteiger partial charge in [-0.25, -0.2) is 4.98 Å². The Labute approximate surface area is 120 Å². The number of nitrogens with two attached hydrogens (primary N) is 1. The maximum Gasteiger partial charge on any atom is 0.416 e. The Bertz CT molecular complexity index is 672. The number of nitrogens with zero attached hydrogens (tertiary/aromatic N) is 2. The van der Waals surface area contributed by atoms with Crippen molar-refractivity contribution in [2.75, 3.05) is 5.73 Å². The van der Waals surface area contributed by atoms with E-state index in [1.54, 1.807) is 0 Å². The summed E-state index contributed by atoms with van der Waals surface area (Å²) in [4.78, 5) is 14.3. The average molecular weight is 319 g/mol. The van der Waals surface area contributed by atoms with E-state index in [1.807, 2.05) is 0 Å². The number of nitro groups is 1. The molecule has 1 aromatic heterocycles. The molecule has 0 aliphatic rings. The molecule has 2 rings (SSSR count). The van der Waals surface area contributed by atoms with Gasteiger partial charge in [0.05, 0.1) is 15.4 Å². The van der Waals surface area contributed by atoms with E-state index in [4.69, 9.17) is 10.5 Å². The van der Waals surface area contributed by atoms with Gasteiger partial charge < -0.3 is 10.5 Å². The number of benzene rings is 1. The van der Waals surface area contributed by atoms with Crippen molar-refractivity contribution in [3.63, 3.8) is 0 Å². The minimum absolute atomic E-state index is 0.0684. The second kappa shape index (κ2) is 5.56. The molecular weight excluding hydrogens is 311 g/mol. The van der Waals surface area contributed by atoms with Crippen molar-refractivity contribution in [3.8, 4) is 5.75 Å². The number of rotatable bonds is 4. The molecule has 0 aliphatic carbocycles. The summed E-state index contributed by atoms with van der Waals surface area (Å²) in [6, 6.07) is 2.09. The molecule has 2 N–H and O–H groups in total. The quantitative estimate of drug-likeness (QED) is 0.690. The summed E-state index contributed by atoms with van der Waals surface area (Å²) in [6.45, 7) is -0.0684. The Kier molecular flexibility index (Phi) is 3.98. The van der Waals surface area contributed by atoms with E-state index in [9.17, 15) is 23.3 Å². The SMILES string of the molecule is Nc1ncc(COc2ccc(C(F)(F)F)cc2[N+](=O)[O-])s1. The van der Waals surface area contributed by atoms with Crippen LogP contribution in [0.1, 0.15) is 10.4 Å². The number of anilines is 1. The third-order valence-corrected chi connectivity index (χ3v) is 3.22. The fraction of sp³-hybridized carbons (Fsp3) is 0.182. The Balaban J connectivity index is 2.24. The number of thiazole rings is 1. The topological polar surface area (TPSA) is 91.3 Å². The number of aromatic nitrogens is 1. The second-order valence-electron chi connectivity index (χ2n) is 3.89. The molecule has 0 unspecified atom stereocenters. The van der Waals surface area contributed by atoms with E-state index in [1.165, 1.54) is 6.20 Å². The molecule has 0 bridgehead atoms. The fourth-order valence-corrected chi connectivity index (χ4v) is 2.09. The summed E-state index contributed by atoms with van der Waals surface area (Å²) in [5, 5.41) is 11.1. The number of halogens is 3. The van der Waals surface area contributed by atoms with Gasteiger partial charge in [-0.2, -0.15) is 13.2 Å². The van der Waals surface area contributed by atoms with Gasteiger partial charge in [-0.05, 0) is 12.1 Å². The molecule has 2 aromatic rings. The number of nitro benzene ring substituents is 1. The van der Waals surface area contributed by atoms with Gasteiger partial charge in [-0.3, -0.25) is 10.1 Å². The highest BCUT2D eigenvalue weighted by atomic mass is 32.1. The largest absolute Gasteiger partial charge is 0.481 e. The molecule has 0 atom stereocenters. The average Bonchev–Trinajstić information content (AvgIpc) is 2.80. The standard InChI is InChI=1S/C11H8F3N3O3S/c12-11(13,14)6-1-2-9(8(3-6)17(18)19)20-5-7-4-16-10(15)21-7/h1-4H,5H2,(H2,15,16). The van der Waals surface area contributed by atoms with Crippen LogP contribution in [-0.2, 0) is 12.8 Å². The smallest absolute Gasteiger partial charge is 0.416 e. The Morgan fingerprint density at radius 2 is 2.14 bits per heavy atom. The normalized spacial score (nSPS) is 11.4. The van der Waals surface area contributed by atoms with Crippen LogP contribution in [0.3, 0.4) is 0 Å². The minimum Gasteiger partial charge on any atom is -0.481 e. The molecule has 21 heavy (non-hydrogen) atoms. The Morgan fingerprint density at radius 1 is 1.43 bits per heavy atom. The summed E-state index contributed by atoms with van der Waals surface area (Å²) in [6.07, 6.45) is -3.23. The van der Waals surface area contributed by atoms with Gasteiger partial charge in [0, 0.05) is 12.3 Å². The molecule has 0 saturated carbocycles. The van der Waals surface area contributed by atoms with Gasteiger partial charge in [0.1, 0.15) is 6.61 Å². The van der Waals surface area contributed by atoms with Gasteiger partial charge in [0.2, 0.25) is 0 Å². The van der Waals surface area contributed by atoms with Crippen LogP contribution in [0.5, 0.6) is 5.75 Å². The molecule has 0 saturated heterocycles. The third-order valence-electron chi connectivity index (χ3n) is 2.42. The molecule has 112 valence electrons.